The van der Waals surface area contributed by atoms with Crippen LogP contribution in [0, 0.1) is 5.92 Å². The molecule has 106 valence electrons. The maximum atomic E-state index is 12.5. The van der Waals surface area contributed by atoms with Crippen LogP contribution in [0.5, 0.6) is 0 Å². The predicted molar refractivity (Wildman–Crippen MR) is 77.4 cm³/mol. The van der Waals surface area contributed by atoms with E-state index in [1.165, 1.54) is 0 Å². The number of rotatable bonds is 6. The van der Waals surface area contributed by atoms with Crippen molar-refractivity contribution in [1.29, 1.82) is 0 Å². The van der Waals surface area contributed by atoms with E-state index in [1.54, 1.807) is 11.1 Å². The third-order valence-corrected chi connectivity index (χ3v) is 3.51. The smallest absolute Gasteiger partial charge is 0.240 e. The Labute approximate surface area is 116 Å². The number of carbonyl (C=O) groups is 1. The van der Waals surface area contributed by atoms with E-state index in [2.05, 4.69) is 11.9 Å². The maximum Gasteiger partial charge on any atom is 0.240 e. The van der Waals surface area contributed by atoms with Crippen molar-refractivity contribution < 1.29 is 4.79 Å². The molecule has 0 bridgehead atoms. The van der Waals surface area contributed by atoms with E-state index in [0.29, 0.717) is 6.54 Å². The van der Waals surface area contributed by atoms with Gasteiger partial charge < -0.3 is 10.6 Å². The Morgan fingerprint density at radius 3 is 2.53 bits per heavy atom. The van der Waals surface area contributed by atoms with E-state index in [4.69, 9.17) is 5.73 Å². The first-order chi connectivity index (χ1) is 8.97. The molecule has 0 fully saturated rings. The van der Waals surface area contributed by atoms with Crippen molar-refractivity contribution in [3.8, 4) is 0 Å². The zero-order chi connectivity index (χ0) is 14.4. The van der Waals surface area contributed by atoms with Crippen LogP contribution in [-0.2, 0) is 11.3 Å². The predicted octanol–water partition coefficient (Wildman–Crippen LogP) is 2.19. The molecule has 0 unspecified atom stereocenters. The molecule has 4 nitrogen and oxygen atoms in total. The Morgan fingerprint density at radius 2 is 2.05 bits per heavy atom. The average molecular weight is 263 g/mol. The van der Waals surface area contributed by atoms with Crippen molar-refractivity contribution in [3.63, 3.8) is 0 Å². The number of hydrogen-bond acceptors (Lipinski definition) is 3. The molecule has 0 radical (unpaired) electrons. The molecule has 2 atom stereocenters. The molecule has 4 heteroatoms. The highest BCUT2D eigenvalue weighted by Gasteiger charge is 2.26. The molecule has 1 rings (SSSR count). The first-order valence-electron chi connectivity index (χ1n) is 6.93. The van der Waals surface area contributed by atoms with Crippen LogP contribution in [0.4, 0.5) is 0 Å². The molecule has 19 heavy (non-hydrogen) atoms. The molecule has 1 heterocycles. The fraction of sp³-hybridized carbons (Fsp3) is 0.600. The van der Waals surface area contributed by atoms with Gasteiger partial charge in [0.05, 0.1) is 18.3 Å². The minimum atomic E-state index is -0.434. The first kappa shape index (κ1) is 15.6. The molecule has 1 aromatic rings. The van der Waals surface area contributed by atoms with Crippen molar-refractivity contribution in [2.24, 2.45) is 11.7 Å². The van der Waals surface area contributed by atoms with Crippen molar-refractivity contribution in [2.45, 2.75) is 52.7 Å². The second kappa shape index (κ2) is 7.24. The lowest BCUT2D eigenvalue weighted by Crippen LogP contribution is -2.49. The minimum absolute atomic E-state index is 0.00926. The van der Waals surface area contributed by atoms with Gasteiger partial charge in [-0.2, -0.15) is 0 Å². The summed E-state index contributed by atoms with van der Waals surface area (Å²) in [6.45, 7) is 8.59. The van der Waals surface area contributed by atoms with Gasteiger partial charge in [-0.15, -0.1) is 0 Å². The Hall–Kier alpha value is -1.42. The van der Waals surface area contributed by atoms with Crippen LogP contribution in [0.3, 0.4) is 0 Å². The summed E-state index contributed by atoms with van der Waals surface area (Å²) in [5.41, 5.74) is 6.94. The van der Waals surface area contributed by atoms with Gasteiger partial charge in [0, 0.05) is 12.2 Å². The topological polar surface area (TPSA) is 59.2 Å². The highest BCUT2D eigenvalue weighted by Crippen LogP contribution is 2.13. The quantitative estimate of drug-likeness (QED) is 0.856. The lowest BCUT2D eigenvalue weighted by Gasteiger charge is -2.31. The molecule has 0 saturated carbocycles. The van der Waals surface area contributed by atoms with Crippen LogP contribution in [0.1, 0.15) is 39.8 Å². The fourth-order valence-corrected chi connectivity index (χ4v) is 1.87. The van der Waals surface area contributed by atoms with Gasteiger partial charge in [0.25, 0.3) is 0 Å². The largest absolute Gasteiger partial charge is 0.333 e. The lowest BCUT2D eigenvalue weighted by atomic mass is 9.98. The van der Waals surface area contributed by atoms with Gasteiger partial charge in [-0.3, -0.25) is 9.78 Å². The molecular formula is C15H25N3O. The van der Waals surface area contributed by atoms with Crippen LogP contribution in [0.2, 0.25) is 0 Å². The molecule has 0 aliphatic rings. The number of nitrogens with two attached hydrogens (primary N) is 1. The van der Waals surface area contributed by atoms with E-state index >= 15 is 0 Å². The summed E-state index contributed by atoms with van der Waals surface area (Å²) >= 11 is 0. The minimum Gasteiger partial charge on any atom is -0.333 e. The van der Waals surface area contributed by atoms with E-state index < -0.39 is 6.04 Å². The standard InChI is InChI=1S/C15H25N3O/c1-5-12(4)14(16)15(19)18(11(2)3)10-13-8-6-7-9-17-13/h6-9,11-12,14H,5,10,16H2,1-4H3/t12-,14-/m0/s1. The molecule has 0 aromatic carbocycles. The first-order valence-corrected chi connectivity index (χ1v) is 6.93. The van der Waals surface area contributed by atoms with Crippen molar-refractivity contribution in [3.05, 3.63) is 30.1 Å². The van der Waals surface area contributed by atoms with Gasteiger partial charge in [-0.25, -0.2) is 0 Å². The maximum absolute atomic E-state index is 12.5. The SMILES string of the molecule is CC[C@H](C)[C@H](N)C(=O)N(Cc1ccccn1)C(C)C. The normalized spacial score (nSPS) is 14.2. The second-order valence-electron chi connectivity index (χ2n) is 5.29. The van der Waals surface area contributed by atoms with Gasteiger partial charge in [0.1, 0.15) is 0 Å². The zero-order valence-corrected chi connectivity index (χ0v) is 12.3. The lowest BCUT2D eigenvalue weighted by molar-refractivity contribution is -0.136. The summed E-state index contributed by atoms with van der Waals surface area (Å²) < 4.78 is 0. The van der Waals surface area contributed by atoms with Gasteiger partial charge >= 0.3 is 0 Å². The Morgan fingerprint density at radius 1 is 1.37 bits per heavy atom. The number of nitrogens with zero attached hydrogens (tertiary/aromatic N) is 2. The van der Waals surface area contributed by atoms with Gasteiger partial charge in [0.15, 0.2) is 0 Å². The number of hydrogen-bond donors (Lipinski definition) is 1. The molecule has 0 aliphatic heterocycles. The monoisotopic (exact) mass is 263 g/mol. The van der Waals surface area contributed by atoms with Crippen LogP contribution < -0.4 is 5.73 Å². The Kier molecular flexibility index (Phi) is 5.96. The summed E-state index contributed by atoms with van der Waals surface area (Å²) in [4.78, 5) is 18.5. The molecular weight excluding hydrogens is 238 g/mol. The van der Waals surface area contributed by atoms with Crippen LogP contribution in [-0.4, -0.2) is 27.9 Å². The number of amides is 1. The van der Waals surface area contributed by atoms with Crippen molar-refractivity contribution >= 4 is 5.91 Å². The van der Waals surface area contributed by atoms with Gasteiger partial charge in [-0.1, -0.05) is 26.3 Å². The number of carbonyl (C=O) groups excluding carboxylic acids is 1. The molecule has 0 aliphatic carbocycles. The van der Waals surface area contributed by atoms with Crippen LogP contribution in [0.15, 0.2) is 24.4 Å². The van der Waals surface area contributed by atoms with Crippen LogP contribution >= 0.6 is 0 Å². The zero-order valence-electron chi connectivity index (χ0n) is 12.3. The molecule has 1 aromatic heterocycles. The molecule has 0 spiro atoms. The van der Waals surface area contributed by atoms with Crippen LogP contribution in [0.25, 0.3) is 0 Å². The van der Waals surface area contributed by atoms with Crippen molar-refractivity contribution in [2.75, 3.05) is 0 Å². The summed E-state index contributed by atoms with van der Waals surface area (Å²) in [7, 11) is 0. The van der Waals surface area contributed by atoms with Gasteiger partial charge in [0.2, 0.25) is 5.91 Å². The summed E-state index contributed by atoms with van der Waals surface area (Å²) in [6.07, 6.45) is 2.65. The average Bonchev–Trinajstić information content (AvgIpc) is 2.43. The number of pyridine rings is 1. The highest BCUT2D eigenvalue weighted by atomic mass is 16.2. The summed E-state index contributed by atoms with van der Waals surface area (Å²) in [5.74, 6) is 0.201. The van der Waals surface area contributed by atoms with E-state index in [0.717, 1.165) is 12.1 Å². The molecule has 0 saturated heterocycles. The second-order valence-corrected chi connectivity index (χ2v) is 5.29. The third kappa shape index (κ3) is 4.31. The summed E-state index contributed by atoms with van der Waals surface area (Å²) in [6, 6.07) is 5.41. The Bertz CT molecular complexity index is 392. The van der Waals surface area contributed by atoms with Gasteiger partial charge in [-0.05, 0) is 31.9 Å². The molecule has 2 N–H and O–H groups in total. The number of aromatic nitrogens is 1. The fourth-order valence-electron chi connectivity index (χ4n) is 1.87. The molecule has 1 amide bonds. The van der Waals surface area contributed by atoms with E-state index in [9.17, 15) is 4.79 Å². The van der Waals surface area contributed by atoms with E-state index in [1.807, 2.05) is 39.0 Å². The van der Waals surface area contributed by atoms with E-state index in [-0.39, 0.29) is 17.9 Å². The Balaban J connectivity index is 2.80. The highest BCUT2D eigenvalue weighted by molar-refractivity contribution is 5.82. The third-order valence-electron chi connectivity index (χ3n) is 3.51. The summed E-state index contributed by atoms with van der Waals surface area (Å²) in [5, 5.41) is 0. The van der Waals surface area contributed by atoms with Crippen molar-refractivity contribution in [1.82, 2.24) is 9.88 Å².